The highest BCUT2D eigenvalue weighted by molar-refractivity contribution is 7.80. The number of benzene rings is 1. The fraction of sp³-hybridized carbons (Fsp3) is 0.143. The summed E-state index contributed by atoms with van der Waals surface area (Å²) in [6, 6.07) is 9.06. The molecule has 0 atom stereocenters. The Bertz CT molecular complexity index is 692. The van der Waals surface area contributed by atoms with Gasteiger partial charge in [0, 0.05) is 29.7 Å². The third kappa shape index (κ3) is 2.66. The first-order valence-corrected chi connectivity index (χ1v) is 6.11. The standard InChI is InChI=1S/C14H14N2O2S/c1-9-6-13(17)12(14(15)19)8-16(9)10-4-3-5-11(7-10)18-2/h3-8H,1-2H3,(H2,15,19). The van der Waals surface area contributed by atoms with Gasteiger partial charge in [-0.1, -0.05) is 18.3 Å². The largest absolute Gasteiger partial charge is 0.497 e. The van der Waals surface area contributed by atoms with Gasteiger partial charge in [-0.2, -0.15) is 0 Å². The second-order valence-corrected chi connectivity index (χ2v) is 4.57. The molecule has 0 saturated carbocycles. The second kappa shape index (κ2) is 5.24. The van der Waals surface area contributed by atoms with Gasteiger partial charge in [0.1, 0.15) is 10.7 Å². The molecular weight excluding hydrogens is 260 g/mol. The number of hydrogen-bond acceptors (Lipinski definition) is 3. The molecule has 1 aromatic heterocycles. The van der Waals surface area contributed by atoms with Crippen LogP contribution in [-0.4, -0.2) is 16.7 Å². The van der Waals surface area contributed by atoms with E-state index >= 15 is 0 Å². The van der Waals surface area contributed by atoms with Crippen LogP contribution in [0.15, 0.2) is 41.3 Å². The molecule has 0 spiro atoms. The van der Waals surface area contributed by atoms with Crippen molar-refractivity contribution >= 4 is 17.2 Å². The fourth-order valence-corrected chi connectivity index (χ4v) is 2.01. The highest BCUT2D eigenvalue weighted by Crippen LogP contribution is 2.17. The van der Waals surface area contributed by atoms with E-state index in [1.807, 2.05) is 35.8 Å². The number of aryl methyl sites for hydroxylation is 1. The summed E-state index contributed by atoms with van der Waals surface area (Å²) in [5, 5.41) is 0. The van der Waals surface area contributed by atoms with E-state index in [0.29, 0.717) is 5.56 Å². The number of nitrogens with zero attached hydrogens (tertiary/aromatic N) is 1. The van der Waals surface area contributed by atoms with E-state index in [9.17, 15) is 4.79 Å². The van der Waals surface area contributed by atoms with Crippen molar-refractivity contribution in [3.05, 3.63) is 58.0 Å². The number of thiocarbonyl (C=S) groups is 1. The molecule has 2 N–H and O–H groups in total. The Morgan fingerprint density at radius 1 is 1.37 bits per heavy atom. The number of aromatic nitrogens is 1. The lowest BCUT2D eigenvalue weighted by Gasteiger charge is -2.13. The van der Waals surface area contributed by atoms with E-state index in [1.54, 1.807) is 13.3 Å². The SMILES string of the molecule is COc1cccc(-n2cc(C(N)=S)c(=O)cc2C)c1. The van der Waals surface area contributed by atoms with Crippen molar-refractivity contribution in [2.24, 2.45) is 5.73 Å². The van der Waals surface area contributed by atoms with Gasteiger partial charge in [-0.25, -0.2) is 0 Å². The van der Waals surface area contributed by atoms with Crippen molar-refractivity contribution in [2.75, 3.05) is 7.11 Å². The zero-order chi connectivity index (χ0) is 14.0. The summed E-state index contributed by atoms with van der Waals surface area (Å²) in [7, 11) is 1.61. The average Bonchev–Trinajstić information content (AvgIpc) is 2.38. The molecule has 0 aliphatic rings. The van der Waals surface area contributed by atoms with E-state index in [-0.39, 0.29) is 10.4 Å². The molecular formula is C14H14N2O2S. The summed E-state index contributed by atoms with van der Waals surface area (Å²) in [6.45, 7) is 1.85. The number of pyridine rings is 1. The Labute approximate surface area is 116 Å². The lowest BCUT2D eigenvalue weighted by molar-refractivity contribution is 0.414. The first-order valence-electron chi connectivity index (χ1n) is 5.70. The van der Waals surface area contributed by atoms with Gasteiger partial charge >= 0.3 is 0 Å². The maximum atomic E-state index is 11.8. The smallest absolute Gasteiger partial charge is 0.192 e. The van der Waals surface area contributed by atoms with Crippen molar-refractivity contribution in [3.8, 4) is 11.4 Å². The minimum absolute atomic E-state index is 0.0987. The Morgan fingerprint density at radius 2 is 2.11 bits per heavy atom. The van der Waals surface area contributed by atoms with Crippen LogP contribution >= 0.6 is 12.2 Å². The van der Waals surface area contributed by atoms with Gasteiger partial charge in [-0.15, -0.1) is 0 Å². The van der Waals surface area contributed by atoms with Crippen molar-refractivity contribution < 1.29 is 4.74 Å². The molecule has 1 heterocycles. The van der Waals surface area contributed by atoms with E-state index in [2.05, 4.69) is 0 Å². The van der Waals surface area contributed by atoms with Crippen LogP contribution in [0, 0.1) is 6.92 Å². The normalized spacial score (nSPS) is 10.2. The van der Waals surface area contributed by atoms with Gasteiger partial charge in [0.25, 0.3) is 0 Å². The first kappa shape index (κ1) is 13.3. The highest BCUT2D eigenvalue weighted by atomic mass is 32.1. The molecule has 0 radical (unpaired) electrons. The van der Waals surface area contributed by atoms with Gasteiger partial charge in [0.15, 0.2) is 5.43 Å². The topological polar surface area (TPSA) is 57.2 Å². The van der Waals surface area contributed by atoms with Crippen LogP contribution in [0.4, 0.5) is 0 Å². The molecule has 1 aromatic carbocycles. The van der Waals surface area contributed by atoms with Gasteiger partial charge < -0.3 is 15.0 Å². The van der Waals surface area contributed by atoms with E-state index < -0.39 is 0 Å². The Morgan fingerprint density at radius 3 is 2.74 bits per heavy atom. The van der Waals surface area contributed by atoms with Crippen LogP contribution in [0.1, 0.15) is 11.3 Å². The maximum absolute atomic E-state index is 11.8. The number of nitrogens with two attached hydrogens (primary N) is 1. The van der Waals surface area contributed by atoms with Crippen LogP contribution < -0.4 is 15.9 Å². The minimum atomic E-state index is -0.163. The van der Waals surface area contributed by atoms with Crippen LogP contribution in [0.25, 0.3) is 5.69 Å². The molecule has 0 aliphatic carbocycles. The molecule has 0 bridgehead atoms. The zero-order valence-electron chi connectivity index (χ0n) is 10.7. The molecule has 0 saturated heterocycles. The predicted molar refractivity (Wildman–Crippen MR) is 79.2 cm³/mol. The van der Waals surface area contributed by atoms with E-state index in [1.165, 1.54) is 6.07 Å². The molecule has 0 amide bonds. The van der Waals surface area contributed by atoms with Crippen molar-refractivity contribution in [2.45, 2.75) is 6.92 Å². The monoisotopic (exact) mass is 274 g/mol. The first-order chi connectivity index (χ1) is 9.02. The molecule has 0 aliphatic heterocycles. The molecule has 19 heavy (non-hydrogen) atoms. The molecule has 2 rings (SSSR count). The Hall–Kier alpha value is -2.14. The lowest BCUT2D eigenvalue weighted by atomic mass is 10.2. The van der Waals surface area contributed by atoms with Crippen molar-refractivity contribution in [1.29, 1.82) is 0 Å². The summed E-state index contributed by atoms with van der Waals surface area (Å²) >= 11 is 4.89. The number of ether oxygens (including phenoxy) is 1. The number of hydrogen-bond donors (Lipinski definition) is 1. The van der Waals surface area contributed by atoms with Crippen molar-refractivity contribution in [3.63, 3.8) is 0 Å². The van der Waals surface area contributed by atoms with Crippen molar-refractivity contribution in [1.82, 2.24) is 4.57 Å². The second-order valence-electron chi connectivity index (χ2n) is 4.13. The summed E-state index contributed by atoms with van der Waals surface area (Å²) in [5.74, 6) is 0.743. The third-order valence-corrected chi connectivity index (χ3v) is 3.06. The van der Waals surface area contributed by atoms with E-state index in [4.69, 9.17) is 22.7 Å². The summed E-state index contributed by atoms with van der Waals surface area (Å²) in [5.41, 5.74) is 7.42. The molecule has 5 heteroatoms. The Kier molecular flexibility index (Phi) is 3.66. The van der Waals surface area contributed by atoms with Crippen LogP contribution in [-0.2, 0) is 0 Å². The van der Waals surface area contributed by atoms with Gasteiger partial charge in [-0.3, -0.25) is 4.79 Å². The summed E-state index contributed by atoms with van der Waals surface area (Å²) in [6.07, 6.45) is 1.66. The predicted octanol–water partition coefficient (Wildman–Crippen LogP) is 1.79. The van der Waals surface area contributed by atoms with Gasteiger partial charge in [0.05, 0.1) is 12.7 Å². The minimum Gasteiger partial charge on any atom is -0.497 e. The number of rotatable bonds is 3. The fourth-order valence-electron chi connectivity index (χ4n) is 1.86. The van der Waals surface area contributed by atoms with E-state index in [0.717, 1.165) is 17.1 Å². The average molecular weight is 274 g/mol. The molecule has 4 nitrogen and oxygen atoms in total. The molecule has 98 valence electrons. The molecule has 2 aromatic rings. The van der Waals surface area contributed by atoms with Gasteiger partial charge in [0.2, 0.25) is 0 Å². The lowest BCUT2D eigenvalue weighted by Crippen LogP contribution is -2.22. The Balaban J connectivity index is 2.64. The molecule has 0 fully saturated rings. The number of methoxy groups -OCH3 is 1. The van der Waals surface area contributed by atoms with Crippen LogP contribution in [0.5, 0.6) is 5.75 Å². The summed E-state index contributed by atoms with van der Waals surface area (Å²) in [4.78, 5) is 11.9. The maximum Gasteiger partial charge on any atom is 0.192 e. The zero-order valence-corrected chi connectivity index (χ0v) is 11.5. The quantitative estimate of drug-likeness (QED) is 0.867. The summed E-state index contributed by atoms with van der Waals surface area (Å²) < 4.78 is 7.05. The molecule has 0 unspecified atom stereocenters. The van der Waals surface area contributed by atoms with Crippen LogP contribution in [0.3, 0.4) is 0 Å². The third-order valence-electron chi connectivity index (χ3n) is 2.84. The highest BCUT2D eigenvalue weighted by Gasteiger charge is 2.08. The van der Waals surface area contributed by atoms with Crippen LogP contribution in [0.2, 0.25) is 0 Å². The van der Waals surface area contributed by atoms with Gasteiger partial charge in [-0.05, 0) is 19.1 Å².